The van der Waals surface area contributed by atoms with Crippen molar-refractivity contribution < 1.29 is 13.2 Å². The van der Waals surface area contributed by atoms with Crippen molar-refractivity contribution in [1.82, 2.24) is 23.9 Å². The van der Waals surface area contributed by atoms with Crippen molar-refractivity contribution in [2.45, 2.75) is 19.4 Å². The van der Waals surface area contributed by atoms with E-state index in [1.807, 2.05) is 12.3 Å². The average molecular weight is 471 g/mol. The molecule has 4 heterocycles. The summed E-state index contributed by atoms with van der Waals surface area (Å²) >= 11 is 0. The summed E-state index contributed by atoms with van der Waals surface area (Å²) in [4.78, 5) is 20.3. The van der Waals surface area contributed by atoms with Crippen LogP contribution in [-0.2, 0) is 10.0 Å². The number of hydrogen-bond acceptors (Lipinski definition) is 8. The van der Waals surface area contributed by atoms with Gasteiger partial charge in [-0.15, -0.1) is 0 Å². The van der Waals surface area contributed by atoms with Crippen LogP contribution >= 0.6 is 0 Å². The molecule has 12 heteroatoms. The fourth-order valence-corrected chi connectivity index (χ4v) is 6.13. The highest BCUT2D eigenvalue weighted by Crippen LogP contribution is 2.44. The summed E-state index contributed by atoms with van der Waals surface area (Å²) in [5.41, 5.74) is 14.5. The second-order valence-corrected chi connectivity index (χ2v) is 11.0. The summed E-state index contributed by atoms with van der Waals surface area (Å²) in [6.07, 6.45) is 8.63. The maximum atomic E-state index is 12.2. The first-order valence-corrected chi connectivity index (χ1v) is 12.6. The van der Waals surface area contributed by atoms with Gasteiger partial charge in [-0.1, -0.05) is 6.92 Å². The van der Waals surface area contributed by atoms with Crippen molar-refractivity contribution >= 4 is 33.1 Å². The van der Waals surface area contributed by atoms with Crippen LogP contribution in [0, 0.1) is 17.8 Å². The fraction of sp³-hybridized carbons (Fsp3) is 0.429. The van der Waals surface area contributed by atoms with Gasteiger partial charge in [0.05, 0.1) is 29.2 Å². The predicted octanol–water partition coefficient (Wildman–Crippen LogP) is 0.800. The Hall–Kier alpha value is -3.25. The van der Waals surface area contributed by atoms with Crippen LogP contribution in [0.4, 0.5) is 11.6 Å². The number of anilines is 2. The van der Waals surface area contributed by atoms with Crippen LogP contribution in [0.1, 0.15) is 23.7 Å². The molecule has 0 bridgehead atoms. The van der Waals surface area contributed by atoms with E-state index in [0.717, 1.165) is 17.5 Å². The Morgan fingerprint density at radius 2 is 1.91 bits per heavy atom. The first-order chi connectivity index (χ1) is 15.6. The van der Waals surface area contributed by atoms with E-state index in [1.165, 1.54) is 12.5 Å². The van der Waals surface area contributed by atoms with E-state index in [9.17, 15) is 13.2 Å². The lowest BCUT2D eigenvalue weighted by Crippen LogP contribution is -2.33. The largest absolute Gasteiger partial charge is 0.380 e. The van der Waals surface area contributed by atoms with Crippen molar-refractivity contribution in [3.63, 3.8) is 0 Å². The number of carbonyl (C=O) groups excluding carboxylic acids is 1. The summed E-state index contributed by atoms with van der Waals surface area (Å²) < 4.78 is 27.2. The molecule has 1 amide bonds. The highest BCUT2D eigenvalue weighted by Gasteiger charge is 2.48. The molecule has 1 saturated heterocycles. The molecule has 0 spiro atoms. The number of nitrogen functional groups attached to an aromatic ring is 1. The molecular formula is C21H26N8O3S. The molecule has 3 aromatic heterocycles. The third kappa shape index (κ3) is 3.78. The molecule has 0 aromatic carbocycles. The Kier molecular flexibility index (Phi) is 5.01. The first-order valence-electron chi connectivity index (χ1n) is 10.7. The van der Waals surface area contributed by atoms with Crippen molar-refractivity contribution in [1.29, 1.82) is 0 Å². The minimum atomic E-state index is -3.20. The van der Waals surface area contributed by atoms with Crippen molar-refractivity contribution in [2.24, 2.45) is 23.5 Å². The molecular weight excluding hydrogens is 444 g/mol. The average Bonchev–Trinajstić information content (AvgIpc) is 3.43. The van der Waals surface area contributed by atoms with E-state index in [0.29, 0.717) is 29.9 Å². The normalized spacial score (nSPS) is 25.4. The van der Waals surface area contributed by atoms with Gasteiger partial charge in [0.1, 0.15) is 0 Å². The Morgan fingerprint density at radius 3 is 2.55 bits per heavy atom. The second kappa shape index (κ2) is 7.66. The van der Waals surface area contributed by atoms with Crippen LogP contribution in [0.15, 0.2) is 30.9 Å². The summed E-state index contributed by atoms with van der Waals surface area (Å²) in [5, 5.41) is 7.91. The highest BCUT2D eigenvalue weighted by atomic mass is 32.2. The number of aromatic nitrogens is 4. The molecule has 11 nitrogen and oxygen atoms in total. The minimum Gasteiger partial charge on any atom is -0.380 e. The lowest BCUT2D eigenvalue weighted by Gasteiger charge is -2.25. The second-order valence-electron chi connectivity index (χ2n) is 9.04. The van der Waals surface area contributed by atoms with Crippen LogP contribution in [0.3, 0.4) is 0 Å². The van der Waals surface area contributed by atoms with Crippen LogP contribution in [0.2, 0.25) is 0 Å². The van der Waals surface area contributed by atoms with E-state index in [4.69, 9.17) is 11.5 Å². The molecule has 4 atom stereocenters. The highest BCUT2D eigenvalue weighted by molar-refractivity contribution is 7.88. The van der Waals surface area contributed by atoms with Gasteiger partial charge in [-0.2, -0.15) is 5.10 Å². The molecule has 1 aliphatic heterocycles. The standard InChI is InChI=1S/C21H26N8O3S/c1-11-16-10-28(33(2,31)32)8-13(16)3-17(11)27-19-15(20(22)30)7-26-29-9-12(4-18(19)29)14-5-24-21(23)25-6-14/h4-7,9,11,13,16-17,27H,3,8,10H2,1-2H3,(H2,22,30)(H2,23,24,25)/t11-,13?,16-,17-/m1/s1. The van der Waals surface area contributed by atoms with Gasteiger partial charge in [-0.05, 0) is 30.2 Å². The molecule has 2 aliphatic rings. The number of nitrogens with one attached hydrogen (secondary N) is 1. The van der Waals surface area contributed by atoms with Crippen molar-refractivity contribution in [3.8, 4) is 11.1 Å². The van der Waals surface area contributed by atoms with Gasteiger partial charge in [0.15, 0.2) is 0 Å². The van der Waals surface area contributed by atoms with E-state index < -0.39 is 15.9 Å². The predicted molar refractivity (Wildman–Crippen MR) is 124 cm³/mol. The Bertz CT molecular complexity index is 1340. The van der Waals surface area contributed by atoms with E-state index >= 15 is 0 Å². The van der Waals surface area contributed by atoms with Gasteiger partial charge >= 0.3 is 0 Å². The molecule has 1 aliphatic carbocycles. The number of amides is 1. The quantitative estimate of drug-likeness (QED) is 0.493. The summed E-state index contributed by atoms with van der Waals surface area (Å²) in [6, 6.07) is 1.98. The maximum Gasteiger partial charge on any atom is 0.252 e. The zero-order valence-electron chi connectivity index (χ0n) is 18.3. The lowest BCUT2D eigenvalue weighted by atomic mass is 9.93. The third-order valence-corrected chi connectivity index (χ3v) is 8.27. The first kappa shape index (κ1) is 21.6. The Labute approximate surface area is 191 Å². The molecule has 1 unspecified atom stereocenters. The minimum absolute atomic E-state index is 0.0733. The van der Waals surface area contributed by atoms with Gasteiger partial charge in [0.25, 0.3) is 5.91 Å². The smallest absolute Gasteiger partial charge is 0.252 e. The number of hydrogen-bond donors (Lipinski definition) is 3. The van der Waals surface area contributed by atoms with Crippen LogP contribution in [-0.4, -0.2) is 63.6 Å². The summed E-state index contributed by atoms with van der Waals surface area (Å²) in [5.74, 6) is 0.378. The van der Waals surface area contributed by atoms with Crippen molar-refractivity contribution in [3.05, 3.63) is 36.4 Å². The molecule has 0 radical (unpaired) electrons. The molecule has 33 heavy (non-hydrogen) atoms. The molecule has 174 valence electrons. The molecule has 1 saturated carbocycles. The Morgan fingerprint density at radius 1 is 1.18 bits per heavy atom. The van der Waals surface area contributed by atoms with Crippen molar-refractivity contribution in [2.75, 3.05) is 30.4 Å². The topological polar surface area (TPSA) is 162 Å². The van der Waals surface area contributed by atoms with E-state index in [1.54, 1.807) is 21.2 Å². The van der Waals surface area contributed by atoms with Crippen LogP contribution in [0.25, 0.3) is 16.6 Å². The number of nitrogens with zero attached hydrogens (tertiary/aromatic N) is 5. The van der Waals surface area contributed by atoms with Gasteiger partial charge in [0, 0.05) is 48.8 Å². The molecule has 2 fully saturated rings. The van der Waals surface area contributed by atoms with Crippen LogP contribution < -0.4 is 16.8 Å². The SMILES string of the molecule is C[C@H]1[C@H](Nc2c(C(N)=O)cnn3cc(-c4cnc(N)nc4)cc23)CC2CN(S(C)(=O)=O)C[C@@H]21. The molecule has 5 rings (SSSR count). The number of carbonyl (C=O) groups is 1. The van der Waals surface area contributed by atoms with Crippen LogP contribution in [0.5, 0.6) is 0 Å². The molecule has 3 aromatic rings. The zero-order valence-corrected chi connectivity index (χ0v) is 19.2. The van der Waals surface area contributed by atoms with Gasteiger partial charge in [0.2, 0.25) is 16.0 Å². The number of rotatable bonds is 5. The number of primary amides is 1. The maximum absolute atomic E-state index is 12.2. The Balaban J connectivity index is 1.48. The summed E-state index contributed by atoms with van der Waals surface area (Å²) in [6.45, 7) is 3.20. The third-order valence-electron chi connectivity index (χ3n) is 7.03. The van der Waals surface area contributed by atoms with Gasteiger partial charge in [-0.25, -0.2) is 27.2 Å². The number of sulfonamides is 1. The summed E-state index contributed by atoms with van der Waals surface area (Å²) in [7, 11) is -3.20. The van der Waals surface area contributed by atoms with E-state index in [2.05, 4.69) is 27.3 Å². The fourth-order valence-electron chi connectivity index (χ4n) is 5.23. The number of nitrogens with two attached hydrogens (primary N) is 2. The van der Waals surface area contributed by atoms with Gasteiger partial charge < -0.3 is 16.8 Å². The monoisotopic (exact) mass is 470 g/mol. The zero-order chi connectivity index (χ0) is 23.5. The molecule has 5 N–H and O–H groups in total. The van der Waals surface area contributed by atoms with E-state index in [-0.39, 0.29) is 29.7 Å². The van der Waals surface area contributed by atoms with Gasteiger partial charge in [-0.3, -0.25) is 4.79 Å². The number of fused-ring (bicyclic) bond motifs is 2. The lowest BCUT2D eigenvalue weighted by molar-refractivity contribution is 0.100.